The number of hydrazine groups is 1. The molecular formula is C12H15N5O2S2. The van der Waals surface area contributed by atoms with Gasteiger partial charge in [-0.1, -0.05) is 0 Å². The van der Waals surface area contributed by atoms with Crippen LogP contribution in [0.2, 0.25) is 0 Å². The van der Waals surface area contributed by atoms with Crippen LogP contribution in [0.5, 0.6) is 0 Å². The SMILES string of the molecule is COCCNC(=S)NNC(=O)c1sc2ncccc2c1N. The van der Waals surface area contributed by atoms with E-state index < -0.39 is 0 Å². The molecule has 112 valence electrons. The first-order valence-corrected chi connectivity index (χ1v) is 7.32. The number of thiocarbonyl (C=S) groups is 1. The molecule has 0 aromatic carbocycles. The first-order chi connectivity index (χ1) is 10.1. The quantitative estimate of drug-likeness (QED) is 0.372. The molecular weight excluding hydrogens is 310 g/mol. The Balaban J connectivity index is 1.96. The van der Waals surface area contributed by atoms with Crippen molar-refractivity contribution in [1.29, 1.82) is 0 Å². The highest BCUT2D eigenvalue weighted by Gasteiger charge is 2.16. The summed E-state index contributed by atoms with van der Waals surface area (Å²) in [5.41, 5.74) is 11.5. The zero-order valence-corrected chi connectivity index (χ0v) is 12.9. The lowest BCUT2D eigenvalue weighted by molar-refractivity contribution is 0.0948. The van der Waals surface area contributed by atoms with Crippen molar-refractivity contribution < 1.29 is 9.53 Å². The number of carbonyl (C=O) groups is 1. The zero-order chi connectivity index (χ0) is 15.2. The molecule has 2 heterocycles. The van der Waals surface area contributed by atoms with E-state index in [-0.39, 0.29) is 5.91 Å². The topological polar surface area (TPSA) is 101 Å². The van der Waals surface area contributed by atoms with E-state index in [1.54, 1.807) is 19.4 Å². The highest BCUT2D eigenvalue weighted by Crippen LogP contribution is 2.31. The van der Waals surface area contributed by atoms with E-state index in [0.29, 0.717) is 28.8 Å². The second kappa shape index (κ2) is 7.16. The van der Waals surface area contributed by atoms with Gasteiger partial charge >= 0.3 is 0 Å². The third-order valence-corrected chi connectivity index (χ3v) is 3.97. The molecule has 2 rings (SSSR count). The summed E-state index contributed by atoms with van der Waals surface area (Å²) >= 11 is 6.23. The van der Waals surface area contributed by atoms with Crippen molar-refractivity contribution in [3.05, 3.63) is 23.2 Å². The molecule has 0 unspecified atom stereocenters. The summed E-state index contributed by atoms with van der Waals surface area (Å²) in [6.45, 7) is 1.07. The lowest BCUT2D eigenvalue weighted by Crippen LogP contribution is -2.47. The minimum absolute atomic E-state index is 0.304. The largest absolute Gasteiger partial charge is 0.397 e. The third kappa shape index (κ3) is 3.78. The maximum Gasteiger partial charge on any atom is 0.281 e. The van der Waals surface area contributed by atoms with Crippen LogP contribution in [0, 0.1) is 0 Å². The van der Waals surface area contributed by atoms with E-state index >= 15 is 0 Å². The molecule has 21 heavy (non-hydrogen) atoms. The predicted octanol–water partition coefficient (Wildman–Crippen LogP) is 0.634. The summed E-state index contributed by atoms with van der Waals surface area (Å²) in [4.78, 5) is 17.4. The van der Waals surface area contributed by atoms with Gasteiger partial charge in [0.15, 0.2) is 5.11 Å². The van der Waals surface area contributed by atoms with Crippen LogP contribution in [-0.4, -0.2) is 36.3 Å². The molecule has 0 spiro atoms. The molecule has 0 aliphatic heterocycles. The Hall–Kier alpha value is -1.97. The maximum absolute atomic E-state index is 12.1. The van der Waals surface area contributed by atoms with Gasteiger partial charge < -0.3 is 15.8 Å². The van der Waals surface area contributed by atoms with Gasteiger partial charge in [0.25, 0.3) is 5.91 Å². The number of pyridine rings is 1. The summed E-state index contributed by atoms with van der Waals surface area (Å²) in [6, 6.07) is 3.61. The van der Waals surface area contributed by atoms with E-state index in [9.17, 15) is 4.79 Å². The Morgan fingerprint density at radius 1 is 1.52 bits per heavy atom. The molecule has 5 N–H and O–H groups in total. The fraction of sp³-hybridized carbons (Fsp3) is 0.250. The fourth-order valence-corrected chi connectivity index (χ4v) is 2.71. The molecule has 0 saturated carbocycles. The number of nitrogens with zero attached hydrogens (tertiary/aromatic N) is 1. The molecule has 0 radical (unpaired) electrons. The highest BCUT2D eigenvalue weighted by molar-refractivity contribution is 7.80. The van der Waals surface area contributed by atoms with Crippen molar-refractivity contribution in [2.24, 2.45) is 0 Å². The van der Waals surface area contributed by atoms with Gasteiger partial charge in [0.2, 0.25) is 0 Å². The Morgan fingerprint density at radius 3 is 3.05 bits per heavy atom. The molecule has 0 fully saturated rings. The van der Waals surface area contributed by atoms with Crippen LogP contribution in [0.25, 0.3) is 10.2 Å². The number of carbonyl (C=O) groups excluding carboxylic acids is 1. The van der Waals surface area contributed by atoms with Gasteiger partial charge in [0, 0.05) is 25.2 Å². The number of fused-ring (bicyclic) bond motifs is 1. The number of amides is 1. The van der Waals surface area contributed by atoms with Gasteiger partial charge in [0.1, 0.15) is 9.71 Å². The molecule has 7 nitrogen and oxygen atoms in total. The van der Waals surface area contributed by atoms with Gasteiger partial charge in [-0.25, -0.2) is 4.98 Å². The van der Waals surface area contributed by atoms with Crippen molar-refractivity contribution in [3.8, 4) is 0 Å². The molecule has 0 aliphatic rings. The number of aromatic nitrogens is 1. The number of thiophene rings is 1. The number of anilines is 1. The monoisotopic (exact) mass is 325 g/mol. The standard InChI is InChI=1S/C12H15N5O2S2/c1-19-6-5-15-12(20)17-16-10(18)9-8(13)7-3-2-4-14-11(7)21-9/h2-4H,5-6,13H2,1H3,(H,16,18)(H2,15,17,20). The minimum atomic E-state index is -0.355. The molecule has 0 aliphatic carbocycles. The summed E-state index contributed by atoms with van der Waals surface area (Å²) in [5, 5.41) is 3.95. The second-order valence-electron chi connectivity index (χ2n) is 4.03. The van der Waals surface area contributed by atoms with Crippen LogP contribution in [0.1, 0.15) is 9.67 Å². The molecule has 2 aromatic rings. The van der Waals surface area contributed by atoms with Gasteiger partial charge in [-0.15, -0.1) is 11.3 Å². The van der Waals surface area contributed by atoms with Crippen LogP contribution in [0.15, 0.2) is 18.3 Å². The van der Waals surface area contributed by atoms with Crippen molar-refractivity contribution in [2.45, 2.75) is 0 Å². The predicted molar refractivity (Wildman–Crippen MR) is 87.1 cm³/mol. The van der Waals surface area contributed by atoms with Crippen LogP contribution in [0.4, 0.5) is 5.69 Å². The number of methoxy groups -OCH3 is 1. The zero-order valence-electron chi connectivity index (χ0n) is 11.3. The van der Waals surface area contributed by atoms with Gasteiger partial charge in [-0.3, -0.25) is 15.6 Å². The maximum atomic E-state index is 12.1. The van der Waals surface area contributed by atoms with E-state index in [0.717, 1.165) is 10.2 Å². The Kier molecular flexibility index (Phi) is 5.26. The summed E-state index contributed by atoms with van der Waals surface area (Å²) in [5.74, 6) is -0.355. The van der Waals surface area contributed by atoms with Crippen molar-refractivity contribution in [2.75, 3.05) is 26.0 Å². The number of rotatable bonds is 4. The Labute approximate surface area is 130 Å². The molecule has 0 saturated heterocycles. The van der Waals surface area contributed by atoms with E-state index in [2.05, 4.69) is 21.2 Å². The average molecular weight is 325 g/mol. The van der Waals surface area contributed by atoms with Crippen molar-refractivity contribution >= 4 is 50.5 Å². The van der Waals surface area contributed by atoms with E-state index in [1.807, 2.05) is 6.07 Å². The average Bonchev–Trinajstić information content (AvgIpc) is 2.83. The fourth-order valence-electron chi connectivity index (χ4n) is 1.60. The normalized spacial score (nSPS) is 10.3. The molecule has 9 heteroatoms. The minimum Gasteiger partial charge on any atom is -0.397 e. The number of nitrogen functional groups attached to an aromatic ring is 1. The smallest absolute Gasteiger partial charge is 0.281 e. The lowest BCUT2D eigenvalue weighted by Gasteiger charge is -2.10. The van der Waals surface area contributed by atoms with Gasteiger partial charge in [-0.2, -0.15) is 0 Å². The number of hydrogen-bond acceptors (Lipinski definition) is 6. The van der Waals surface area contributed by atoms with Crippen molar-refractivity contribution in [1.82, 2.24) is 21.2 Å². The summed E-state index contributed by atoms with van der Waals surface area (Å²) < 4.78 is 4.88. The third-order valence-electron chi connectivity index (χ3n) is 2.59. The van der Waals surface area contributed by atoms with Crippen molar-refractivity contribution in [3.63, 3.8) is 0 Å². The molecule has 2 aromatic heterocycles. The van der Waals surface area contributed by atoms with E-state index in [4.69, 9.17) is 22.7 Å². The molecule has 1 amide bonds. The highest BCUT2D eigenvalue weighted by atomic mass is 32.1. The van der Waals surface area contributed by atoms with Crippen LogP contribution in [0.3, 0.4) is 0 Å². The van der Waals surface area contributed by atoms with E-state index in [1.165, 1.54) is 11.3 Å². The van der Waals surface area contributed by atoms with Gasteiger partial charge in [-0.05, 0) is 24.4 Å². The molecule has 0 atom stereocenters. The first-order valence-electron chi connectivity index (χ1n) is 6.09. The van der Waals surface area contributed by atoms with Crippen LogP contribution >= 0.6 is 23.6 Å². The van der Waals surface area contributed by atoms with Crippen LogP contribution < -0.4 is 21.9 Å². The summed E-state index contributed by atoms with van der Waals surface area (Å²) in [6.07, 6.45) is 1.66. The van der Waals surface area contributed by atoms with Crippen LogP contribution in [-0.2, 0) is 4.74 Å². The lowest BCUT2D eigenvalue weighted by atomic mass is 10.2. The first kappa shape index (κ1) is 15.4. The van der Waals surface area contributed by atoms with Gasteiger partial charge in [0.05, 0.1) is 12.3 Å². The second-order valence-corrected chi connectivity index (χ2v) is 5.44. The Bertz CT molecular complexity index is 658. The number of nitrogens with two attached hydrogens (primary N) is 1. The summed E-state index contributed by atoms with van der Waals surface area (Å²) in [7, 11) is 1.60. The molecule has 0 bridgehead atoms. The number of hydrogen-bond donors (Lipinski definition) is 4. The number of nitrogens with one attached hydrogen (secondary N) is 3. The number of ether oxygens (including phenoxy) is 1. The Morgan fingerprint density at radius 2 is 2.33 bits per heavy atom.